The van der Waals surface area contributed by atoms with Crippen LogP contribution in [0.25, 0.3) is 0 Å². The fourth-order valence-electron chi connectivity index (χ4n) is 3.11. The predicted molar refractivity (Wildman–Crippen MR) is 96.0 cm³/mol. The first-order chi connectivity index (χ1) is 11.6. The molecule has 0 radical (unpaired) electrons. The minimum Gasteiger partial charge on any atom is -0.353 e. The molecule has 132 valence electrons. The van der Waals surface area contributed by atoms with E-state index in [1.165, 1.54) is 6.42 Å². The summed E-state index contributed by atoms with van der Waals surface area (Å²) in [5, 5.41) is 6.51. The molecule has 2 amide bonds. The maximum Gasteiger partial charge on any atom is 0.251 e. The molecule has 2 unspecified atom stereocenters. The highest BCUT2D eigenvalue weighted by molar-refractivity contribution is 6.30. The highest BCUT2D eigenvalue weighted by Crippen LogP contribution is 2.23. The molecule has 1 aliphatic carbocycles. The predicted octanol–water partition coefficient (Wildman–Crippen LogP) is 2.48. The van der Waals surface area contributed by atoms with Crippen molar-refractivity contribution < 1.29 is 9.59 Å². The number of carbonyl (C=O) groups is 2. The molecule has 1 aromatic carbocycles. The molecule has 0 spiro atoms. The molecule has 0 aromatic heterocycles. The lowest BCUT2D eigenvalue weighted by Gasteiger charge is -2.31. The Morgan fingerprint density at radius 3 is 2.58 bits per heavy atom. The fraction of sp³-hybridized carbons (Fsp3) is 0.556. The molecular formula is C18H26ClN3O2. The maximum absolute atomic E-state index is 12.0. The van der Waals surface area contributed by atoms with Crippen LogP contribution in [0.4, 0.5) is 0 Å². The summed E-state index contributed by atoms with van der Waals surface area (Å²) in [5.41, 5.74) is 6.35. The van der Waals surface area contributed by atoms with Crippen LogP contribution in [0.5, 0.6) is 0 Å². The summed E-state index contributed by atoms with van der Waals surface area (Å²) in [6, 6.07) is 6.94. The van der Waals surface area contributed by atoms with Gasteiger partial charge < -0.3 is 16.4 Å². The minimum absolute atomic E-state index is 0.0427. The Hall–Kier alpha value is -1.59. The number of nitrogens with one attached hydrogen (secondary N) is 2. The van der Waals surface area contributed by atoms with Crippen molar-refractivity contribution >= 4 is 23.4 Å². The number of amides is 2. The summed E-state index contributed by atoms with van der Waals surface area (Å²) in [4.78, 5) is 24.0. The van der Waals surface area contributed by atoms with Crippen molar-refractivity contribution in [3.63, 3.8) is 0 Å². The largest absolute Gasteiger partial charge is 0.353 e. The summed E-state index contributed by atoms with van der Waals surface area (Å²) in [5.74, 6) is 0.288. The number of hydrogen-bond acceptors (Lipinski definition) is 3. The van der Waals surface area contributed by atoms with E-state index in [1.54, 1.807) is 24.3 Å². The first-order valence-corrected chi connectivity index (χ1v) is 9.01. The molecule has 2 rings (SSSR count). The van der Waals surface area contributed by atoms with Gasteiger partial charge in [0.2, 0.25) is 5.91 Å². The third-order valence-electron chi connectivity index (χ3n) is 4.53. The fourth-order valence-corrected chi connectivity index (χ4v) is 3.24. The Balaban J connectivity index is 1.65. The molecule has 0 bridgehead atoms. The van der Waals surface area contributed by atoms with Crippen LogP contribution in [0.1, 0.15) is 48.9 Å². The standard InChI is InChI=1S/C18H26ClN3O2/c19-15-9-7-13(8-10-15)18(24)21-11-3-6-17(23)22-16-5-2-1-4-14(16)12-20/h7-10,14,16H,1-6,11-12,20H2,(H,21,24)(H,22,23). The van der Waals surface area contributed by atoms with E-state index in [2.05, 4.69) is 10.6 Å². The zero-order chi connectivity index (χ0) is 17.4. The van der Waals surface area contributed by atoms with E-state index >= 15 is 0 Å². The lowest BCUT2D eigenvalue weighted by Crippen LogP contribution is -2.44. The quantitative estimate of drug-likeness (QED) is 0.660. The van der Waals surface area contributed by atoms with Crippen LogP contribution in [-0.2, 0) is 4.79 Å². The molecule has 2 atom stereocenters. The third kappa shape index (κ3) is 5.80. The summed E-state index contributed by atoms with van der Waals surface area (Å²) in [6.45, 7) is 1.10. The molecule has 5 nitrogen and oxygen atoms in total. The van der Waals surface area contributed by atoms with E-state index in [0.717, 1.165) is 19.3 Å². The van der Waals surface area contributed by atoms with E-state index in [9.17, 15) is 9.59 Å². The topological polar surface area (TPSA) is 84.2 Å². The number of nitrogens with two attached hydrogens (primary N) is 1. The average molecular weight is 352 g/mol. The van der Waals surface area contributed by atoms with Gasteiger partial charge in [-0.2, -0.15) is 0 Å². The Kier molecular flexibility index (Phi) is 7.53. The van der Waals surface area contributed by atoms with Crippen LogP contribution in [-0.4, -0.2) is 30.9 Å². The molecule has 6 heteroatoms. The van der Waals surface area contributed by atoms with Gasteiger partial charge in [0, 0.05) is 29.6 Å². The molecule has 1 aliphatic rings. The average Bonchev–Trinajstić information content (AvgIpc) is 2.59. The Morgan fingerprint density at radius 1 is 1.17 bits per heavy atom. The van der Waals surface area contributed by atoms with Gasteiger partial charge in [0.15, 0.2) is 0 Å². The van der Waals surface area contributed by atoms with Crippen molar-refractivity contribution in [3.05, 3.63) is 34.9 Å². The molecule has 1 aromatic rings. The summed E-state index contributed by atoms with van der Waals surface area (Å²) >= 11 is 5.79. The van der Waals surface area contributed by atoms with Crippen molar-refractivity contribution in [2.45, 2.75) is 44.6 Å². The highest BCUT2D eigenvalue weighted by Gasteiger charge is 2.24. The first kappa shape index (κ1) is 18.7. The summed E-state index contributed by atoms with van der Waals surface area (Å²) in [7, 11) is 0. The van der Waals surface area contributed by atoms with Crippen LogP contribution < -0.4 is 16.4 Å². The molecule has 0 aliphatic heterocycles. The van der Waals surface area contributed by atoms with E-state index in [-0.39, 0.29) is 17.9 Å². The van der Waals surface area contributed by atoms with Crippen molar-refractivity contribution in [1.82, 2.24) is 10.6 Å². The molecule has 0 heterocycles. The Labute approximate surface area is 148 Å². The van der Waals surface area contributed by atoms with Gasteiger partial charge in [0.25, 0.3) is 5.91 Å². The Morgan fingerprint density at radius 2 is 1.88 bits per heavy atom. The zero-order valence-corrected chi connectivity index (χ0v) is 14.6. The van der Waals surface area contributed by atoms with Gasteiger partial charge in [0.1, 0.15) is 0 Å². The third-order valence-corrected chi connectivity index (χ3v) is 4.78. The van der Waals surface area contributed by atoms with Gasteiger partial charge in [-0.3, -0.25) is 9.59 Å². The van der Waals surface area contributed by atoms with Crippen LogP contribution in [0.3, 0.4) is 0 Å². The van der Waals surface area contributed by atoms with Crippen LogP contribution in [0, 0.1) is 5.92 Å². The van der Waals surface area contributed by atoms with Gasteiger partial charge >= 0.3 is 0 Å². The molecule has 1 saturated carbocycles. The molecule has 1 fully saturated rings. The van der Waals surface area contributed by atoms with Gasteiger partial charge in [0.05, 0.1) is 0 Å². The number of carbonyl (C=O) groups excluding carboxylic acids is 2. The van der Waals surface area contributed by atoms with Gasteiger partial charge in [-0.15, -0.1) is 0 Å². The number of hydrogen-bond donors (Lipinski definition) is 3. The molecule has 4 N–H and O–H groups in total. The minimum atomic E-state index is -0.150. The smallest absolute Gasteiger partial charge is 0.251 e. The van der Waals surface area contributed by atoms with Crippen LogP contribution in [0.15, 0.2) is 24.3 Å². The number of rotatable bonds is 7. The lowest BCUT2D eigenvalue weighted by atomic mass is 9.84. The van der Waals surface area contributed by atoms with E-state index in [1.807, 2.05) is 0 Å². The van der Waals surface area contributed by atoms with Gasteiger partial charge in [-0.05, 0) is 56.0 Å². The SMILES string of the molecule is NCC1CCCCC1NC(=O)CCCNC(=O)c1ccc(Cl)cc1. The molecule has 0 saturated heterocycles. The van der Waals surface area contributed by atoms with Crippen molar-refractivity contribution in [2.24, 2.45) is 11.7 Å². The van der Waals surface area contributed by atoms with Crippen LogP contribution >= 0.6 is 11.6 Å². The second-order valence-electron chi connectivity index (χ2n) is 6.32. The van der Waals surface area contributed by atoms with Crippen molar-refractivity contribution in [2.75, 3.05) is 13.1 Å². The Bertz CT molecular complexity index is 548. The zero-order valence-electron chi connectivity index (χ0n) is 13.9. The maximum atomic E-state index is 12.0. The molecular weight excluding hydrogens is 326 g/mol. The van der Waals surface area contributed by atoms with Gasteiger partial charge in [-0.1, -0.05) is 24.4 Å². The van der Waals surface area contributed by atoms with Gasteiger partial charge in [-0.25, -0.2) is 0 Å². The number of halogens is 1. The van der Waals surface area contributed by atoms with Crippen LogP contribution in [0.2, 0.25) is 5.02 Å². The van der Waals surface area contributed by atoms with Crippen molar-refractivity contribution in [1.29, 1.82) is 0 Å². The first-order valence-electron chi connectivity index (χ1n) is 8.63. The van der Waals surface area contributed by atoms with E-state index < -0.39 is 0 Å². The van der Waals surface area contributed by atoms with E-state index in [4.69, 9.17) is 17.3 Å². The van der Waals surface area contributed by atoms with Crippen molar-refractivity contribution in [3.8, 4) is 0 Å². The summed E-state index contributed by atoms with van der Waals surface area (Å²) < 4.78 is 0. The normalized spacial score (nSPS) is 20.4. The number of benzene rings is 1. The second-order valence-corrected chi connectivity index (χ2v) is 6.76. The lowest BCUT2D eigenvalue weighted by molar-refractivity contribution is -0.122. The highest BCUT2D eigenvalue weighted by atomic mass is 35.5. The van der Waals surface area contributed by atoms with E-state index in [0.29, 0.717) is 42.4 Å². The monoisotopic (exact) mass is 351 g/mol. The summed E-state index contributed by atoms with van der Waals surface area (Å²) in [6.07, 6.45) is 5.49. The second kappa shape index (κ2) is 9.64. The molecule has 24 heavy (non-hydrogen) atoms.